The molecular weight excluding hydrogens is 429 g/mol. The van der Waals surface area contributed by atoms with E-state index in [-0.39, 0.29) is 22.9 Å². The van der Waals surface area contributed by atoms with Crippen molar-refractivity contribution in [3.63, 3.8) is 0 Å². The van der Waals surface area contributed by atoms with Gasteiger partial charge in [-0.2, -0.15) is 18.2 Å². The van der Waals surface area contributed by atoms with Gasteiger partial charge in [-0.3, -0.25) is 9.79 Å². The largest absolute Gasteiger partial charge is 0.465 e. The Labute approximate surface area is 169 Å². The van der Waals surface area contributed by atoms with Crippen LogP contribution in [0.1, 0.15) is 12.8 Å². The highest BCUT2D eigenvalue weighted by Gasteiger charge is 2.32. The Morgan fingerprint density at radius 1 is 1.37 bits per heavy atom. The van der Waals surface area contributed by atoms with Crippen molar-refractivity contribution in [2.24, 2.45) is 10.7 Å². The monoisotopic (exact) mass is 446 g/mol. The minimum atomic E-state index is -4.85. The van der Waals surface area contributed by atoms with Crippen molar-refractivity contribution in [3.8, 4) is 11.4 Å². The van der Waals surface area contributed by atoms with E-state index in [0.29, 0.717) is 6.08 Å². The summed E-state index contributed by atoms with van der Waals surface area (Å²) in [4.78, 5) is 19.1. The Balaban J connectivity index is 2.45. The van der Waals surface area contributed by atoms with Gasteiger partial charge in [0.15, 0.2) is 9.84 Å². The molecular formula is C17H17F3N4O5S. The SMILES string of the molecule is CCOC(=O)CN=C(/C=C(\N)C(F)(F)F)c1nc(-c2cccc(S(C)(=O)=O)c2)no1. The molecule has 9 nitrogen and oxygen atoms in total. The number of aliphatic imine (C=N–C) groups is 1. The predicted molar refractivity (Wildman–Crippen MR) is 99.2 cm³/mol. The molecule has 0 saturated heterocycles. The zero-order chi connectivity index (χ0) is 22.5. The van der Waals surface area contributed by atoms with Gasteiger partial charge in [0.2, 0.25) is 5.82 Å². The molecule has 0 spiro atoms. The summed E-state index contributed by atoms with van der Waals surface area (Å²) in [5.74, 6) is -1.33. The normalized spacial score (nSPS) is 13.4. The molecule has 30 heavy (non-hydrogen) atoms. The van der Waals surface area contributed by atoms with Crippen LogP contribution in [0.15, 0.2) is 50.4 Å². The molecule has 1 heterocycles. The summed E-state index contributed by atoms with van der Waals surface area (Å²) in [6.07, 6.45) is -3.39. The van der Waals surface area contributed by atoms with Crippen LogP contribution in [-0.2, 0) is 19.4 Å². The molecule has 0 aliphatic rings. The summed E-state index contributed by atoms with van der Waals surface area (Å²) in [7, 11) is -3.51. The lowest BCUT2D eigenvalue weighted by Gasteiger charge is -2.06. The van der Waals surface area contributed by atoms with E-state index in [1.165, 1.54) is 24.3 Å². The quantitative estimate of drug-likeness (QED) is 0.503. The maximum absolute atomic E-state index is 12.8. The number of nitrogens with zero attached hydrogens (tertiary/aromatic N) is 3. The highest BCUT2D eigenvalue weighted by atomic mass is 32.2. The first-order chi connectivity index (χ1) is 13.9. The lowest BCUT2D eigenvalue weighted by Crippen LogP contribution is -2.21. The zero-order valence-corrected chi connectivity index (χ0v) is 16.6. The summed E-state index contributed by atoms with van der Waals surface area (Å²) in [5.41, 5.74) is 3.28. The second kappa shape index (κ2) is 9.07. The van der Waals surface area contributed by atoms with Crippen LogP contribution in [0.5, 0.6) is 0 Å². The van der Waals surface area contributed by atoms with E-state index >= 15 is 0 Å². The number of hydrogen-bond donors (Lipinski definition) is 1. The van der Waals surface area contributed by atoms with E-state index in [1.807, 2.05) is 0 Å². The van der Waals surface area contributed by atoms with Gasteiger partial charge < -0.3 is 15.0 Å². The predicted octanol–water partition coefficient (Wildman–Crippen LogP) is 1.90. The number of sulfone groups is 1. The molecule has 2 rings (SSSR count). The molecule has 162 valence electrons. The van der Waals surface area contributed by atoms with Gasteiger partial charge in [-0.05, 0) is 25.1 Å². The number of nitrogens with two attached hydrogens (primary N) is 1. The number of allylic oxidation sites excluding steroid dienone is 2. The van der Waals surface area contributed by atoms with E-state index in [0.717, 1.165) is 6.26 Å². The number of carbonyl (C=O) groups excluding carboxylic acids is 1. The topological polar surface area (TPSA) is 138 Å². The van der Waals surface area contributed by atoms with Crippen molar-refractivity contribution < 1.29 is 35.6 Å². The van der Waals surface area contributed by atoms with E-state index < -0.39 is 45.8 Å². The summed E-state index contributed by atoms with van der Waals surface area (Å²) < 4.78 is 71.4. The fraction of sp³-hybridized carbons (Fsp3) is 0.294. The second-order valence-electron chi connectivity index (χ2n) is 5.83. The zero-order valence-electron chi connectivity index (χ0n) is 15.8. The fourth-order valence-electron chi connectivity index (χ4n) is 2.07. The summed E-state index contributed by atoms with van der Waals surface area (Å²) >= 11 is 0. The maximum atomic E-state index is 12.8. The van der Waals surface area contributed by atoms with Gasteiger partial charge in [-0.15, -0.1) is 0 Å². The molecule has 0 unspecified atom stereocenters. The molecule has 0 atom stereocenters. The van der Waals surface area contributed by atoms with E-state index in [1.54, 1.807) is 6.92 Å². The second-order valence-corrected chi connectivity index (χ2v) is 7.84. The van der Waals surface area contributed by atoms with Crippen molar-refractivity contribution in [2.45, 2.75) is 18.0 Å². The molecule has 1 aromatic heterocycles. The average Bonchev–Trinajstić information content (AvgIpc) is 3.14. The molecule has 2 N–H and O–H groups in total. The number of rotatable bonds is 7. The van der Waals surface area contributed by atoms with Gasteiger partial charge in [0.05, 0.1) is 11.5 Å². The third-order valence-electron chi connectivity index (χ3n) is 3.47. The molecule has 0 saturated carbocycles. The third-order valence-corrected chi connectivity index (χ3v) is 4.58. The minimum absolute atomic E-state index is 0.0104. The summed E-state index contributed by atoms with van der Waals surface area (Å²) in [6, 6.07) is 5.57. The van der Waals surface area contributed by atoms with Crippen molar-refractivity contribution >= 4 is 21.5 Å². The van der Waals surface area contributed by atoms with Gasteiger partial charge >= 0.3 is 12.1 Å². The number of ether oxygens (including phenoxy) is 1. The molecule has 0 aliphatic carbocycles. The van der Waals surface area contributed by atoms with Crippen LogP contribution in [0.3, 0.4) is 0 Å². The number of aromatic nitrogens is 2. The number of alkyl halides is 3. The average molecular weight is 446 g/mol. The van der Waals surface area contributed by atoms with Crippen molar-refractivity contribution in [3.05, 3.63) is 41.9 Å². The summed E-state index contributed by atoms with van der Waals surface area (Å²) in [6.45, 7) is 1.01. The standard InChI is InChI=1S/C17H17F3N4O5S/c1-3-28-14(25)9-22-12(8-13(21)17(18,19)20)16-23-15(24-29-16)10-5-4-6-11(7-10)30(2,26)27/h4-8H,3,9,21H2,1-2H3/b13-8-,22-12?. The van der Waals surface area contributed by atoms with Gasteiger partial charge in [-0.25, -0.2) is 8.42 Å². The van der Waals surface area contributed by atoms with Crippen LogP contribution in [0.25, 0.3) is 11.4 Å². The first kappa shape index (κ1) is 23.1. The molecule has 13 heteroatoms. The number of esters is 1. The summed E-state index contributed by atoms with van der Waals surface area (Å²) in [5, 5.41) is 3.63. The molecule has 1 aromatic carbocycles. The Morgan fingerprint density at radius 2 is 2.07 bits per heavy atom. The maximum Gasteiger partial charge on any atom is 0.430 e. The molecule has 2 aromatic rings. The van der Waals surface area contributed by atoms with E-state index in [2.05, 4.69) is 19.9 Å². The van der Waals surface area contributed by atoms with Gasteiger partial charge in [0, 0.05) is 11.8 Å². The third kappa shape index (κ3) is 6.14. The van der Waals surface area contributed by atoms with Crippen LogP contribution >= 0.6 is 0 Å². The Bertz CT molecular complexity index is 1090. The van der Waals surface area contributed by atoms with Crippen molar-refractivity contribution in [2.75, 3.05) is 19.4 Å². The van der Waals surface area contributed by atoms with Crippen LogP contribution in [0.4, 0.5) is 13.2 Å². The molecule has 0 fully saturated rings. The lowest BCUT2D eigenvalue weighted by atomic mass is 10.2. The van der Waals surface area contributed by atoms with Gasteiger partial charge in [0.1, 0.15) is 18.0 Å². The van der Waals surface area contributed by atoms with Crippen LogP contribution in [0.2, 0.25) is 0 Å². The highest BCUT2D eigenvalue weighted by Crippen LogP contribution is 2.23. The van der Waals surface area contributed by atoms with Crippen molar-refractivity contribution in [1.82, 2.24) is 10.1 Å². The van der Waals surface area contributed by atoms with Crippen LogP contribution < -0.4 is 5.73 Å². The molecule has 0 aliphatic heterocycles. The Kier molecular flexibility index (Phi) is 6.97. The minimum Gasteiger partial charge on any atom is -0.465 e. The smallest absolute Gasteiger partial charge is 0.430 e. The van der Waals surface area contributed by atoms with Gasteiger partial charge in [-0.1, -0.05) is 17.3 Å². The van der Waals surface area contributed by atoms with E-state index in [9.17, 15) is 26.4 Å². The number of carbonyl (C=O) groups is 1. The van der Waals surface area contributed by atoms with E-state index in [4.69, 9.17) is 10.3 Å². The Hall–Kier alpha value is -3.22. The number of benzene rings is 1. The van der Waals surface area contributed by atoms with Gasteiger partial charge in [0.25, 0.3) is 5.89 Å². The molecule has 0 radical (unpaired) electrons. The highest BCUT2D eigenvalue weighted by molar-refractivity contribution is 7.90. The first-order valence-corrected chi connectivity index (χ1v) is 10.2. The fourth-order valence-corrected chi connectivity index (χ4v) is 2.74. The van der Waals surface area contributed by atoms with Crippen LogP contribution in [0, 0.1) is 0 Å². The lowest BCUT2D eigenvalue weighted by molar-refractivity contribution is -0.141. The van der Waals surface area contributed by atoms with Crippen LogP contribution in [-0.4, -0.2) is 55.8 Å². The Morgan fingerprint density at radius 3 is 2.67 bits per heavy atom. The first-order valence-electron chi connectivity index (χ1n) is 8.30. The molecule has 0 bridgehead atoms. The molecule has 0 amide bonds. The van der Waals surface area contributed by atoms with Crippen molar-refractivity contribution in [1.29, 1.82) is 0 Å². The number of halogens is 3. The number of hydrogen-bond acceptors (Lipinski definition) is 9.